The number of nitrogens with zero attached hydrogens (tertiary/aromatic N) is 2. The molecule has 158 valence electrons. The van der Waals surface area contributed by atoms with Crippen LogP contribution in [-0.4, -0.2) is 33.7 Å². The first-order valence-electron chi connectivity index (χ1n) is 9.13. The number of thiazole rings is 1. The molecule has 3 rings (SSSR count). The molecule has 4 N–H and O–H groups in total. The summed E-state index contributed by atoms with van der Waals surface area (Å²) in [6, 6.07) is 5.03. The number of pyridine rings is 1. The first-order valence-corrected chi connectivity index (χ1v) is 9.95. The normalized spacial score (nSPS) is 11.9. The number of anilines is 2. The van der Waals surface area contributed by atoms with E-state index in [0.29, 0.717) is 30.9 Å². The Hall–Kier alpha value is -3.11. The lowest BCUT2D eigenvalue weighted by Gasteiger charge is -2.12. The highest BCUT2D eigenvalue weighted by Crippen LogP contribution is 2.34. The largest absolute Gasteiger partial charge is 0.491 e. The van der Waals surface area contributed by atoms with Crippen LogP contribution in [0.25, 0.3) is 10.6 Å². The Labute approximate surface area is 175 Å². The van der Waals surface area contributed by atoms with E-state index < -0.39 is 23.6 Å². The average Bonchev–Trinajstić information content (AvgIpc) is 3.07. The molecule has 0 aliphatic heterocycles. The van der Waals surface area contributed by atoms with E-state index in [9.17, 15) is 18.7 Å². The summed E-state index contributed by atoms with van der Waals surface area (Å²) < 4.78 is 33.7. The molecule has 1 aromatic carbocycles. The summed E-state index contributed by atoms with van der Waals surface area (Å²) in [5, 5.41) is 11.9. The summed E-state index contributed by atoms with van der Waals surface area (Å²) in [6.07, 6.45) is 3.70. The molecule has 0 spiro atoms. The number of hydrogen-bond acceptors (Lipinski definition) is 7. The van der Waals surface area contributed by atoms with Crippen LogP contribution in [0.2, 0.25) is 0 Å². The van der Waals surface area contributed by atoms with Crippen LogP contribution in [0.15, 0.2) is 36.7 Å². The Morgan fingerprint density at radius 1 is 1.33 bits per heavy atom. The van der Waals surface area contributed by atoms with Gasteiger partial charge in [0.2, 0.25) is 0 Å². The molecule has 0 saturated heterocycles. The molecule has 1 amide bonds. The first-order chi connectivity index (χ1) is 14.4. The smallest absolute Gasteiger partial charge is 0.277 e. The molecule has 2 aromatic heterocycles. The highest BCUT2D eigenvalue weighted by atomic mass is 32.1. The highest BCUT2D eigenvalue weighted by Gasteiger charge is 2.22. The second kappa shape index (κ2) is 9.59. The van der Waals surface area contributed by atoms with Crippen LogP contribution in [0.1, 0.15) is 30.3 Å². The molecule has 3 aromatic rings. The number of aliphatic hydroxyl groups is 1. The van der Waals surface area contributed by atoms with Crippen molar-refractivity contribution in [3.63, 3.8) is 0 Å². The molecule has 0 aliphatic rings. The van der Waals surface area contributed by atoms with E-state index in [0.717, 1.165) is 23.5 Å². The summed E-state index contributed by atoms with van der Waals surface area (Å²) in [6.45, 7) is 2.03. The van der Waals surface area contributed by atoms with Crippen molar-refractivity contribution in [2.45, 2.75) is 25.9 Å². The Kier molecular flexibility index (Phi) is 6.91. The Morgan fingerprint density at radius 3 is 2.77 bits per heavy atom. The number of nitrogens with two attached hydrogens (primary N) is 1. The van der Waals surface area contributed by atoms with Crippen LogP contribution in [0, 0.1) is 11.6 Å². The Bertz CT molecular complexity index is 1020. The fourth-order valence-corrected chi connectivity index (χ4v) is 3.52. The number of ether oxygens (including phenoxy) is 1. The standard InChI is InChI=1S/C20H20F2N4O3S/c1-11(27)4-3-9-29-15-7-8-24-10-14(15)25-19(28)17-18(23)30-20(26-17)16-12(21)5-2-6-13(16)22/h2,5-8,10-11,27H,3-4,9,23H2,1H3,(H,25,28). The molecule has 7 nitrogen and oxygen atoms in total. The molecule has 10 heteroatoms. The molecule has 0 aliphatic carbocycles. The average molecular weight is 434 g/mol. The summed E-state index contributed by atoms with van der Waals surface area (Å²) in [7, 11) is 0. The van der Waals surface area contributed by atoms with Gasteiger partial charge in [0, 0.05) is 12.3 Å². The summed E-state index contributed by atoms with van der Waals surface area (Å²) >= 11 is 0.814. The van der Waals surface area contributed by atoms with Gasteiger partial charge in [0.05, 0.1) is 24.5 Å². The van der Waals surface area contributed by atoms with Crippen LogP contribution >= 0.6 is 11.3 Å². The van der Waals surface area contributed by atoms with E-state index in [1.165, 1.54) is 18.5 Å². The maximum absolute atomic E-state index is 14.0. The highest BCUT2D eigenvalue weighted by molar-refractivity contribution is 7.19. The van der Waals surface area contributed by atoms with Gasteiger partial charge in [-0.1, -0.05) is 17.4 Å². The summed E-state index contributed by atoms with van der Waals surface area (Å²) in [5.41, 5.74) is 5.69. The van der Waals surface area contributed by atoms with Gasteiger partial charge in [-0.2, -0.15) is 0 Å². The van der Waals surface area contributed by atoms with Gasteiger partial charge in [-0.25, -0.2) is 13.8 Å². The lowest BCUT2D eigenvalue weighted by atomic mass is 10.2. The number of nitrogen functional groups attached to an aromatic ring is 1. The van der Waals surface area contributed by atoms with Crippen molar-refractivity contribution in [3.8, 4) is 16.3 Å². The molecule has 1 unspecified atom stereocenters. The van der Waals surface area contributed by atoms with Crippen LogP contribution in [0.4, 0.5) is 19.5 Å². The van der Waals surface area contributed by atoms with E-state index in [4.69, 9.17) is 10.5 Å². The quantitative estimate of drug-likeness (QED) is 0.465. The number of hydrogen-bond donors (Lipinski definition) is 3. The number of carbonyl (C=O) groups excluding carboxylic acids is 1. The Balaban J connectivity index is 1.77. The van der Waals surface area contributed by atoms with E-state index in [-0.39, 0.29) is 21.3 Å². The third-order valence-corrected chi connectivity index (χ3v) is 5.00. The summed E-state index contributed by atoms with van der Waals surface area (Å²) in [5.74, 6) is -1.86. The van der Waals surface area contributed by atoms with Crippen LogP contribution in [-0.2, 0) is 0 Å². The van der Waals surface area contributed by atoms with Gasteiger partial charge in [-0.15, -0.1) is 0 Å². The minimum absolute atomic E-state index is 0.0217. The molecule has 1 atom stereocenters. The van der Waals surface area contributed by atoms with Gasteiger partial charge < -0.3 is 20.9 Å². The molecule has 2 heterocycles. The van der Waals surface area contributed by atoms with Crippen molar-refractivity contribution in [1.29, 1.82) is 0 Å². The van der Waals surface area contributed by atoms with Crippen LogP contribution < -0.4 is 15.8 Å². The monoisotopic (exact) mass is 434 g/mol. The number of aromatic nitrogens is 2. The molecular formula is C20H20F2N4O3S. The topological polar surface area (TPSA) is 110 Å². The van der Waals surface area contributed by atoms with Gasteiger partial charge in [0.25, 0.3) is 5.91 Å². The van der Waals surface area contributed by atoms with Crippen molar-refractivity contribution in [1.82, 2.24) is 9.97 Å². The number of aliphatic hydroxyl groups excluding tert-OH is 1. The van der Waals surface area contributed by atoms with Crippen molar-refractivity contribution in [2.24, 2.45) is 0 Å². The first kappa shape index (κ1) is 21.6. The predicted octanol–water partition coefficient (Wildman–Crippen LogP) is 3.86. The summed E-state index contributed by atoms with van der Waals surface area (Å²) in [4.78, 5) is 20.7. The van der Waals surface area contributed by atoms with E-state index in [2.05, 4.69) is 15.3 Å². The van der Waals surface area contributed by atoms with Crippen molar-refractivity contribution < 1.29 is 23.4 Å². The van der Waals surface area contributed by atoms with Crippen molar-refractivity contribution in [2.75, 3.05) is 17.7 Å². The number of amides is 1. The van der Waals surface area contributed by atoms with Crippen LogP contribution in [0.5, 0.6) is 5.75 Å². The fourth-order valence-electron chi connectivity index (χ4n) is 2.65. The lowest BCUT2D eigenvalue weighted by Crippen LogP contribution is -2.15. The minimum Gasteiger partial charge on any atom is -0.491 e. The molecule has 0 fully saturated rings. The van der Waals surface area contributed by atoms with Gasteiger partial charge in [-0.05, 0) is 31.9 Å². The molecule has 0 saturated carbocycles. The van der Waals surface area contributed by atoms with E-state index >= 15 is 0 Å². The van der Waals surface area contributed by atoms with E-state index in [1.54, 1.807) is 13.0 Å². The van der Waals surface area contributed by atoms with Gasteiger partial charge in [0.15, 0.2) is 5.69 Å². The molecular weight excluding hydrogens is 414 g/mol. The number of benzene rings is 1. The second-order valence-electron chi connectivity index (χ2n) is 6.49. The molecule has 0 bridgehead atoms. The fraction of sp³-hybridized carbons (Fsp3) is 0.250. The van der Waals surface area contributed by atoms with Gasteiger partial charge in [0.1, 0.15) is 33.1 Å². The second-order valence-corrected chi connectivity index (χ2v) is 7.52. The van der Waals surface area contributed by atoms with E-state index in [1.807, 2.05) is 0 Å². The number of carbonyl (C=O) groups is 1. The maximum Gasteiger partial charge on any atom is 0.277 e. The maximum atomic E-state index is 14.0. The number of rotatable bonds is 8. The zero-order valence-corrected chi connectivity index (χ0v) is 16.9. The zero-order valence-electron chi connectivity index (χ0n) is 16.1. The van der Waals surface area contributed by atoms with Crippen molar-refractivity contribution in [3.05, 3.63) is 54.0 Å². The zero-order chi connectivity index (χ0) is 21.7. The lowest BCUT2D eigenvalue weighted by molar-refractivity contribution is 0.102. The van der Waals surface area contributed by atoms with Crippen molar-refractivity contribution >= 4 is 27.9 Å². The van der Waals surface area contributed by atoms with Gasteiger partial charge >= 0.3 is 0 Å². The molecule has 30 heavy (non-hydrogen) atoms. The minimum atomic E-state index is -0.796. The number of nitrogens with one attached hydrogen (secondary N) is 1. The third-order valence-electron chi connectivity index (χ3n) is 4.10. The third kappa shape index (κ3) is 5.08. The van der Waals surface area contributed by atoms with Gasteiger partial charge in [-0.3, -0.25) is 9.78 Å². The SMILES string of the molecule is CC(O)CCCOc1ccncc1NC(=O)c1nc(-c2c(F)cccc2F)sc1N. The predicted molar refractivity (Wildman–Crippen MR) is 110 cm³/mol. The van der Waals surface area contributed by atoms with Crippen LogP contribution in [0.3, 0.4) is 0 Å². The number of halogens is 2. The molecule has 0 radical (unpaired) electrons. The Morgan fingerprint density at radius 2 is 2.07 bits per heavy atom.